The number of sulfone groups is 1. The molecule has 0 radical (unpaired) electrons. The fourth-order valence-corrected chi connectivity index (χ4v) is 5.88. The zero-order valence-electron chi connectivity index (χ0n) is 16.8. The molecular weight excluding hydrogens is 456 g/mol. The van der Waals surface area contributed by atoms with Crippen molar-refractivity contribution in [3.8, 4) is 5.69 Å². The number of nitrogens with zero attached hydrogens (tertiary/aromatic N) is 3. The fourth-order valence-electron chi connectivity index (χ4n) is 3.15. The summed E-state index contributed by atoms with van der Waals surface area (Å²) in [5, 5.41) is 12.6. The zero-order valence-corrected chi connectivity index (χ0v) is 19.2. The molecule has 3 aromatic rings. The van der Waals surface area contributed by atoms with E-state index in [1.165, 1.54) is 30.8 Å². The van der Waals surface area contributed by atoms with Gasteiger partial charge in [-0.15, -0.1) is 10.2 Å². The first-order chi connectivity index (χ1) is 14.8. The maximum atomic E-state index is 12.6. The smallest absolute Gasteiger partial charge is 0.221 e. The molecule has 7 nitrogen and oxygen atoms in total. The van der Waals surface area contributed by atoms with Crippen LogP contribution in [0.15, 0.2) is 58.6 Å². The summed E-state index contributed by atoms with van der Waals surface area (Å²) in [4.78, 5) is 11.7. The Labute approximate surface area is 190 Å². The van der Waals surface area contributed by atoms with Gasteiger partial charge in [0.2, 0.25) is 5.91 Å². The highest BCUT2D eigenvalue weighted by atomic mass is 35.5. The summed E-state index contributed by atoms with van der Waals surface area (Å²) in [6.45, 7) is 1.46. The van der Waals surface area contributed by atoms with Gasteiger partial charge in [0.15, 0.2) is 15.0 Å². The molecule has 0 atom stereocenters. The van der Waals surface area contributed by atoms with Crippen LogP contribution in [0.4, 0.5) is 5.69 Å². The minimum Gasteiger partial charge on any atom is -0.326 e. The van der Waals surface area contributed by atoms with Crippen LogP contribution in [0.5, 0.6) is 0 Å². The first-order valence-corrected chi connectivity index (χ1v) is 12.8. The van der Waals surface area contributed by atoms with Crippen molar-refractivity contribution in [3.05, 3.63) is 59.4 Å². The Morgan fingerprint density at radius 3 is 2.61 bits per heavy atom. The van der Waals surface area contributed by atoms with E-state index in [0.717, 1.165) is 24.4 Å². The van der Waals surface area contributed by atoms with Crippen molar-refractivity contribution in [2.45, 2.75) is 35.7 Å². The molecule has 0 bridgehead atoms. The third kappa shape index (κ3) is 5.28. The number of carbonyl (C=O) groups is 1. The van der Waals surface area contributed by atoms with Crippen molar-refractivity contribution in [1.82, 2.24) is 14.8 Å². The van der Waals surface area contributed by atoms with E-state index in [1.54, 1.807) is 12.1 Å². The predicted molar refractivity (Wildman–Crippen MR) is 122 cm³/mol. The van der Waals surface area contributed by atoms with Gasteiger partial charge in [-0.05, 0) is 55.3 Å². The van der Waals surface area contributed by atoms with Crippen LogP contribution in [0.2, 0.25) is 5.02 Å². The molecule has 0 saturated heterocycles. The summed E-state index contributed by atoms with van der Waals surface area (Å²) in [6, 6.07) is 13.6. The van der Waals surface area contributed by atoms with E-state index in [4.69, 9.17) is 11.6 Å². The molecule has 1 aliphatic rings. The van der Waals surface area contributed by atoms with E-state index < -0.39 is 9.84 Å². The number of anilines is 1. The van der Waals surface area contributed by atoms with E-state index in [-0.39, 0.29) is 16.6 Å². The standard InChI is InChI=1S/C21H21ClN4O3S2/c1-14(27)23-17-3-2-4-18(13-17)26-20(15-5-6-15)24-25-21(26)30-11-12-31(28,29)19-9-7-16(22)8-10-19/h2-4,7-10,13,15H,5-6,11-12H2,1H3,(H,23,27). The molecule has 1 aliphatic carbocycles. The molecular formula is C21H21ClN4O3S2. The Hall–Kier alpha value is -2.36. The van der Waals surface area contributed by atoms with Crippen LogP contribution in [0.25, 0.3) is 5.69 Å². The van der Waals surface area contributed by atoms with Gasteiger partial charge >= 0.3 is 0 Å². The summed E-state index contributed by atoms with van der Waals surface area (Å²) in [6.07, 6.45) is 2.11. The number of hydrogen-bond donors (Lipinski definition) is 1. The van der Waals surface area contributed by atoms with Crippen molar-refractivity contribution in [2.75, 3.05) is 16.8 Å². The first-order valence-electron chi connectivity index (χ1n) is 9.78. The lowest BCUT2D eigenvalue weighted by atomic mass is 10.2. The molecule has 10 heteroatoms. The number of halogens is 1. The molecule has 0 unspecified atom stereocenters. The molecule has 1 heterocycles. The van der Waals surface area contributed by atoms with Crippen molar-refractivity contribution in [3.63, 3.8) is 0 Å². The Morgan fingerprint density at radius 2 is 1.94 bits per heavy atom. The van der Waals surface area contributed by atoms with Crippen LogP contribution in [0.1, 0.15) is 31.5 Å². The molecule has 1 aromatic heterocycles. The number of hydrogen-bond acceptors (Lipinski definition) is 6. The Balaban J connectivity index is 1.54. The predicted octanol–water partition coefficient (Wildman–Crippen LogP) is 4.32. The molecule has 162 valence electrons. The van der Waals surface area contributed by atoms with Crippen LogP contribution in [-0.4, -0.2) is 40.6 Å². The Kier molecular flexibility index (Phi) is 6.36. The van der Waals surface area contributed by atoms with Gasteiger partial charge in [-0.1, -0.05) is 29.4 Å². The van der Waals surface area contributed by atoms with Gasteiger partial charge in [0.05, 0.1) is 16.3 Å². The van der Waals surface area contributed by atoms with Gasteiger partial charge in [-0.25, -0.2) is 8.42 Å². The minimum absolute atomic E-state index is 0.0309. The SMILES string of the molecule is CC(=O)Nc1cccc(-n2c(SCCS(=O)(=O)c3ccc(Cl)cc3)nnc2C2CC2)c1. The fraction of sp³-hybridized carbons (Fsp3) is 0.286. The van der Waals surface area contributed by atoms with E-state index in [0.29, 0.717) is 27.5 Å². The number of aromatic nitrogens is 3. The quantitative estimate of drug-likeness (QED) is 0.486. The lowest BCUT2D eigenvalue weighted by Crippen LogP contribution is -2.10. The molecule has 2 aromatic carbocycles. The second-order valence-corrected chi connectivity index (χ2v) is 10.9. The molecule has 31 heavy (non-hydrogen) atoms. The summed E-state index contributed by atoms with van der Waals surface area (Å²) < 4.78 is 27.2. The highest BCUT2D eigenvalue weighted by Gasteiger charge is 2.31. The van der Waals surface area contributed by atoms with E-state index >= 15 is 0 Å². The number of carbonyl (C=O) groups excluding carboxylic acids is 1. The first kappa shape index (κ1) is 21.9. The van der Waals surface area contributed by atoms with Crippen molar-refractivity contribution in [2.24, 2.45) is 0 Å². The van der Waals surface area contributed by atoms with Gasteiger partial charge in [0.1, 0.15) is 5.82 Å². The van der Waals surface area contributed by atoms with E-state index in [9.17, 15) is 13.2 Å². The van der Waals surface area contributed by atoms with Crippen LogP contribution in [-0.2, 0) is 14.6 Å². The highest BCUT2D eigenvalue weighted by molar-refractivity contribution is 8.00. The van der Waals surface area contributed by atoms with Crippen LogP contribution in [0.3, 0.4) is 0 Å². The number of benzene rings is 2. The van der Waals surface area contributed by atoms with Gasteiger partial charge in [-0.2, -0.15) is 0 Å². The molecule has 1 amide bonds. The number of amides is 1. The van der Waals surface area contributed by atoms with Gasteiger partial charge in [-0.3, -0.25) is 9.36 Å². The monoisotopic (exact) mass is 476 g/mol. The number of rotatable bonds is 8. The molecule has 0 aliphatic heterocycles. The lowest BCUT2D eigenvalue weighted by Gasteiger charge is -2.12. The summed E-state index contributed by atoms with van der Waals surface area (Å²) >= 11 is 7.20. The van der Waals surface area contributed by atoms with Gasteiger partial charge < -0.3 is 5.32 Å². The molecule has 4 rings (SSSR count). The zero-order chi connectivity index (χ0) is 22.0. The molecule has 1 N–H and O–H groups in total. The average molecular weight is 477 g/mol. The number of nitrogens with one attached hydrogen (secondary N) is 1. The second-order valence-electron chi connectivity index (χ2n) is 7.30. The van der Waals surface area contributed by atoms with Crippen molar-refractivity contribution < 1.29 is 13.2 Å². The van der Waals surface area contributed by atoms with E-state index in [1.807, 2.05) is 28.8 Å². The van der Waals surface area contributed by atoms with Crippen molar-refractivity contribution in [1.29, 1.82) is 0 Å². The minimum atomic E-state index is -3.43. The van der Waals surface area contributed by atoms with Gasteiger partial charge in [0, 0.05) is 29.3 Å². The topological polar surface area (TPSA) is 94.0 Å². The average Bonchev–Trinajstić information content (AvgIpc) is 3.48. The molecule has 0 spiro atoms. The van der Waals surface area contributed by atoms with Crippen molar-refractivity contribution >= 4 is 44.8 Å². The Morgan fingerprint density at radius 1 is 1.19 bits per heavy atom. The number of thioether (sulfide) groups is 1. The van der Waals surface area contributed by atoms with Crippen LogP contribution >= 0.6 is 23.4 Å². The summed E-state index contributed by atoms with van der Waals surface area (Å²) in [7, 11) is -3.43. The maximum absolute atomic E-state index is 12.6. The summed E-state index contributed by atoms with van der Waals surface area (Å²) in [5.74, 6) is 1.37. The van der Waals surface area contributed by atoms with Crippen LogP contribution in [0, 0.1) is 0 Å². The lowest BCUT2D eigenvalue weighted by molar-refractivity contribution is -0.114. The van der Waals surface area contributed by atoms with Crippen LogP contribution < -0.4 is 5.32 Å². The normalized spacial score (nSPS) is 13.9. The van der Waals surface area contributed by atoms with Gasteiger partial charge in [0.25, 0.3) is 0 Å². The Bertz CT molecular complexity index is 1210. The maximum Gasteiger partial charge on any atom is 0.221 e. The third-order valence-corrected chi connectivity index (χ3v) is 7.95. The second kappa shape index (κ2) is 9.02. The molecule has 1 saturated carbocycles. The third-order valence-electron chi connectivity index (χ3n) is 4.78. The highest BCUT2D eigenvalue weighted by Crippen LogP contribution is 2.41. The molecule has 1 fully saturated rings. The van der Waals surface area contributed by atoms with E-state index in [2.05, 4.69) is 15.5 Å². The summed E-state index contributed by atoms with van der Waals surface area (Å²) in [5.41, 5.74) is 1.52. The largest absolute Gasteiger partial charge is 0.326 e.